The number of carbonyl (C=O) groups is 1. The zero-order chi connectivity index (χ0) is 8.97. The van der Waals surface area contributed by atoms with Crippen molar-refractivity contribution >= 4 is 6.09 Å². The second-order valence-corrected chi connectivity index (χ2v) is 2.14. The molecule has 66 valence electrons. The standard InChI is InChI=1S/C7H11N3O2/c1-2-12-7(11)10-6(5-8)3-4-9-10/h3-4H,2,5,8H2,1H3. The molecule has 0 amide bonds. The van der Waals surface area contributed by atoms with Gasteiger partial charge in [0.1, 0.15) is 0 Å². The van der Waals surface area contributed by atoms with Gasteiger partial charge in [0.05, 0.1) is 12.3 Å². The first-order valence-electron chi connectivity index (χ1n) is 3.69. The fourth-order valence-corrected chi connectivity index (χ4v) is 0.834. The molecule has 0 aromatic carbocycles. The number of ether oxygens (including phenoxy) is 1. The lowest BCUT2D eigenvalue weighted by molar-refractivity contribution is 0.149. The van der Waals surface area contributed by atoms with Crippen LogP contribution in [0, 0.1) is 0 Å². The molecule has 5 nitrogen and oxygen atoms in total. The van der Waals surface area contributed by atoms with Crippen LogP contribution < -0.4 is 5.73 Å². The molecule has 0 aliphatic heterocycles. The van der Waals surface area contributed by atoms with Crippen LogP contribution in [0.2, 0.25) is 0 Å². The maximum atomic E-state index is 11.1. The van der Waals surface area contributed by atoms with Crippen LogP contribution in [0.15, 0.2) is 12.3 Å². The van der Waals surface area contributed by atoms with Crippen molar-refractivity contribution in [2.45, 2.75) is 13.5 Å². The van der Waals surface area contributed by atoms with Crippen LogP contribution in [-0.2, 0) is 11.3 Å². The van der Waals surface area contributed by atoms with E-state index in [1.165, 1.54) is 6.20 Å². The summed E-state index contributed by atoms with van der Waals surface area (Å²) < 4.78 is 5.89. The largest absolute Gasteiger partial charge is 0.448 e. The Hall–Kier alpha value is -1.36. The number of nitrogens with zero attached hydrogens (tertiary/aromatic N) is 2. The molecule has 0 atom stereocenters. The summed E-state index contributed by atoms with van der Waals surface area (Å²) in [5.41, 5.74) is 6.01. The third-order valence-corrected chi connectivity index (χ3v) is 1.37. The molecule has 0 aliphatic rings. The Bertz CT molecular complexity index is 269. The lowest BCUT2D eigenvalue weighted by atomic mass is 10.4. The molecule has 0 aliphatic carbocycles. The monoisotopic (exact) mass is 169 g/mol. The highest BCUT2D eigenvalue weighted by Gasteiger charge is 2.09. The number of hydrogen-bond donors (Lipinski definition) is 1. The predicted molar refractivity (Wildman–Crippen MR) is 42.5 cm³/mol. The Kier molecular flexibility index (Phi) is 2.82. The van der Waals surface area contributed by atoms with Crippen molar-refractivity contribution in [3.8, 4) is 0 Å². The first-order valence-corrected chi connectivity index (χ1v) is 3.69. The van der Waals surface area contributed by atoms with Gasteiger partial charge in [-0.05, 0) is 13.0 Å². The number of nitrogens with two attached hydrogens (primary N) is 1. The minimum Gasteiger partial charge on any atom is -0.448 e. The SMILES string of the molecule is CCOC(=O)n1nccc1CN. The van der Waals surface area contributed by atoms with E-state index < -0.39 is 6.09 Å². The fraction of sp³-hybridized carbons (Fsp3) is 0.429. The molecule has 2 N–H and O–H groups in total. The molecule has 1 aromatic rings. The van der Waals surface area contributed by atoms with Crippen molar-refractivity contribution in [3.05, 3.63) is 18.0 Å². The average Bonchev–Trinajstić information content (AvgIpc) is 2.51. The molecule has 1 aromatic heterocycles. The van der Waals surface area contributed by atoms with Gasteiger partial charge >= 0.3 is 6.09 Å². The fourth-order valence-electron chi connectivity index (χ4n) is 0.834. The molecule has 1 heterocycles. The molecule has 0 saturated carbocycles. The van der Waals surface area contributed by atoms with Gasteiger partial charge in [0.2, 0.25) is 0 Å². The Morgan fingerprint density at radius 1 is 1.83 bits per heavy atom. The van der Waals surface area contributed by atoms with Crippen LogP contribution in [-0.4, -0.2) is 22.5 Å². The smallest absolute Gasteiger partial charge is 0.434 e. The van der Waals surface area contributed by atoms with Crippen LogP contribution in [0.25, 0.3) is 0 Å². The van der Waals surface area contributed by atoms with Crippen molar-refractivity contribution in [1.82, 2.24) is 9.78 Å². The Balaban J connectivity index is 2.79. The maximum Gasteiger partial charge on any atom is 0.434 e. The highest BCUT2D eigenvalue weighted by atomic mass is 16.5. The normalized spacial score (nSPS) is 9.83. The summed E-state index contributed by atoms with van der Waals surface area (Å²) in [6.45, 7) is 2.35. The van der Waals surface area contributed by atoms with Crippen LogP contribution in [0.3, 0.4) is 0 Å². The average molecular weight is 169 g/mol. The molecule has 0 unspecified atom stereocenters. The molecule has 12 heavy (non-hydrogen) atoms. The minimum atomic E-state index is -0.483. The van der Waals surface area contributed by atoms with Crippen LogP contribution in [0.5, 0.6) is 0 Å². The topological polar surface area (TPSA) is 70.1 Å². The summed E-state index contributed by atoms with van der Waals surface area (Å²) in [5, 5.41) is 3.77. The third kappa shape index (κ3) is 1.62. The second-order valence-electron chi connectivity index (χ2n) is 2.14. The molecule has 0 radical (unpaired) electrons. The molecule has 0 spiro atoms. The summed E-state index contributed by atoms with van der Waals surface area (Å²) in [5.74, 6) is 0. The molecule has 0 saturated heterocycles. The summed E-state index contributed by atoms with van der Waals surface area (Å²) in [7, 11) is 0. The molecule has 1 rings (SSSR count). The summed E-state index contributed by atoms with van der Waals surface area (Å²) >= 11 is 0. The van der Waals surface area contributed by atoms with Gasteiger partial charge in [-0.1, -0.05) is 0 Å². The third-order valence-electron chi connectivity index (χ3n) is 1.37. The number of rotatable bonds is 2. The Morgan fingerprint density at radius 2 is 2.58 bits per heavy atom. The summed E-state index contributed by atoms with van der Waals surface area (Å²) in [4.78, 5) is 11.1. The lowest BCUT2D eigenvalue weighted by Crippen LogP contribution is -2.19. The van der Waals surface area contributed by atoms with Crippen molar-refractivity contribution in [3.63, 3.8) is 0 Å². The zero-order valence-electron chi connectivity index (χ0n) is 6.86. The van der Waals surface area contributed by atoms with Crippen molar-refractivity contribution in [2.24, 2.45) is 5.73 Å². The maximum absolute atomic E-state index is 11.1. The quantitative estimate of drug-likeness (QED) is 0.693. The Labute approximate surface area is 70.1 Å². The lowest BCUT2D eigenvalue weighted by Gasteiger charge is -2.03. The van der Waals surface area contributed by atoms with E-state index >= 15 is 0 Å². The highest BCUT2D eigenvalue weighted by molar-refractivity contribution is 5.70. The van der Waals surface area contributed by atoms with Gasteiger partial charge in [-0.2, -0.15) is 9.78 Å². The van der Waals surface area contributed by atoms with Gasteiger partial charge in [0, 0.05) is 12.7 Å². The van der Waals surface area contributed by atoms with E-state index in [9.17, 15) is 4.79 Å². The van der Waals surface area contributed by atoms with E-state index in [4.69, 9.17) is 10.5 Å². The predicted octanol–water partition coefficient (Wildman–Crippen LogP) is 0.346. The van der Waals surface area contributed by atoms with Gasteiger partial charge in [-0.15, -0.1) is 0 Å². The van der Waals surface area contributed by atoms with Crippen LogP contribution in [0.1, 0.15) is 12.6 Å². The van der Waals surface area contributed by atoms with Gasteiger partial charge in [-0.3, -0.25) is 0 Å². The Morgan fingerprint density at radius 3 is 3.17 bits per heavy atom. The van der Waals surface area contributed by atoms with Crippen LogP contribution in [0.4, 0.5) is 4.79 Å². The van der Waals surface area contributed by atoms with Gasteiger partial charge in [-0.25, -0.2) is 4.79 Å². The first-order chi connectivity index (χ1) is 5.79. The number of hydrogen-bond acceptors (Lipinski definition) is 4. The minimum absolute atomic E-state index is 0.277. The molecule has 0 bridgehead atoms. The van der Waals surface area contributed by atoms with Gasteiger partial charge in [0.15, 0.2) is 0 Å². The second kappa shape index (κ2) is 3.87. The van der Waals surface area contributed by atoms with Crippen molar-refractivity contribution in [1.29, 1.82) is 0 Å². The van der Waals surface area contributed by atoms with Gasteiger partial charge < -0.3 is 10.5 Å². The highest BCUT2D eigenvalue weighted by Crippen LogP contribution is 1.97. The van der Waals surface area contributed by atoms with Crippen LogP contribution >= 0.6 is 0 Å². The van der Waals surface area contributed by atoms with E-state index in [0.29, 0.717) is 12.3 Å². The van der Waals surface area contributed by atoms with Crippen molar-refractivity contribution < 1.29 is 9.53 Å². The summed E-state index contributed by atoms with van der Waals surface area (Å²) in [6, 6.07) is 1.68. The van der Waals surface area contributed by atoms with E-state index in [-0.39, 0.29) is 6.54 Å². The van der Waals surface area contributed by atoms with E-state index in [0.717, 1.165) is 4.68 Å². The number of aromatic nitrogens is 2. The van der Waals surface area contributed by atoms with E-state index in [2.05, 4.69) is 5.10 Å². The summed E-state index contributed by atoms with van der Waals surface area (Å²) in [6.07, 6.45) is 1.03. The molecular weight excluding hydrogens is 158 g/mol. The molecule has 0 fully saturated rings. The van der Waals surface area contributed by atoms with E-state index in [1.54, 1.807) is 13.0 Å². The van der Waals surface area contributed by atoms with Crippen molar-refractivity contribution in [2.75, 3.05) is 6.61 Å². The van der Waals surface area contributed by atoms with Gasteiger partial charge in [0.25, 0.3) is 0 Å². The van der Waals surface area contributed by atoms with E-state index in [1.807, 2.05) is 0 Å². The zero-order valence-corrected chi connectivity index (χ0v) is 6.86. The number of carbonyl (C=O) groups excluding carboxylic acids is 1. The molecule has 5 heteroatoms. The first kappa shape index (κ1) is 8.73. The molecular formula is C7H11N3O2.